The summed E-state index contributed by atoms with van der Waals surface area (Å²) in [5, 5.41) is 13.3. The fraction of sp³-hybridized carbons (Fsp3) is 0.263. The minimum atomic E-state index is -0.669. The third-order valence-corrected chi connectivity index (χ3v) is 4.30. The number of rotatable bonds is 6. The van der Waals surface area contributed by atoms with Gasteiger partial charge in [-0.3, -0.25) is 24.6 Å². The van der Waals surface area contributed by atoms with Crippen molar-refractivity contribution < 1.29 is 19.2 Å². The average Bonchev–Trinajstić information content (AvgIpc) is 2.66. The van der Waals surface area contributed by atoms with Crippen LogP contribution in [0.3, 0.4) is 0 Å². The molecule has 1 heterocycles. The van der Waals surface area contributed by atoms with E-state index in [0.29, 0.717) is 25.4 Å². The maximum absolute atomic E-state index is 12.4. The van der Waals surface area contributed by atoms with Gasteiger partial charge >= 0.3 is 5.97 Å². The van der Waals surface area contributed by atoms with Gasteiger partial charge in [0.1, 0.15) is 12.6 Å². The van der Waals surface area contributed by atoms with E-state index < -0.39 is 16.9 Å². The molecule has 1 aliphatic heterocycles. The van der Waals surface area contributed by atoms with E-state index in [1.54, 1.807) is 0 Å². The van der Waals surface area contributed by atoms with E-state index in [-0.39, 0.29) is 18.0 Å². The second-order valence-corrected chi connectivity index (χ2v) is 6.20. The number of nitro benzene ring substituents is 1. The molecular weight excluding hydrogens is 350 g/mol. The molecule has 1 amide bonds. The molecule has 1 atom stereocenters. The summed E-state index contributed by atoms with van der Waals surface area (Å²) in [7, 11) is 0. The maximum Gasteiger partial charge on any atom is 0.323 e. The summed E-state index contributed by atoms with van der Waals surface area (Å²) in [6, 6.07) is 14.6. The number of benzene rings is 2. The highest BCUT2D eigenvalue weighted by Crippen LogP contribution is 2.19. The van der Waals surface area contributed by atoms with Gasteiger partial charge in [0, 0.05) is 30.9 Å². The molecule has 8 nitrogen and oxygen atoms in total. The van der Waals surface area contributed by atoms with Crippen LogP contribution in [0.4, 0.5) is 11.4 Å². The molecule has 0 unspecified atom stereocenters. The van der Waals surface area contributed by atoms with Crippen molar-refractivity contribution in [3.05, 3.63) is 70.3 Å². The number of carbonyl (C=O) groups excluding carboxylic acids is 2. The van der Waals surface area contributed by atoms with Crippen molar-refractivity contribution in [3.63, 3.8) is 0 Å². The average molecular weight is 369 g/mol. The van der Waals surface area contributed by atoms with Crippen LogP contribution in [0, 0.1) is 10.1 Å². The second kappa shape index (κ2) is 8.41. The summed E-state index contributed by atoms with van der Waals surface area (Å²) >= 11 is 0. The van der Waals surface area contributed by atoms with Crippen molar-refractivity contribution in [2.24, 2.45) is 0 Å². The number of carbonyl (C=O) groups is 2. The lowest BCUT2D eigenvalue weighted by atomic mass is 10.1. The predicted molar refractivity (Wildman–Crippen MR) is 97.9 cm³/mol. The fourth-order valence-corrected chi connectivity index (χ4v) is 2.94. The van der Waals surface area contributed by atoms with Crippen LogP contribution in [0.15, 0.2) is 54.6 Å². The van der Waals surface area contributed by atoms with Crippen LogP contribution in [0.25, 0.3) is 0 Å². The van der Waals surface area contributed by atoms with Crippen molar-refractivity contribution >= 4 is 23.3 Å². The Morgan fingerprint density at radius 3 is 2.56 bits per heavy atom. The van der Waals surface area contributed by atoms with Gasteiger partial charge in [-0.15, -0.1) is 0 Å². The number of nitrogens with one attached hydrogen (secondary N) is 1. The normalized spacial score (nSPS) is 17.2. The first kappa shape index (κ1) is 18.5. The molecule has 27 heavy (non-hydrogen) atoms. The lowest BCUT2D eigenvalue weighted by molar-refractivity contribution is -0.384. The number of esters is 1. The zero-order valence-electron chi connectivity index (χ0n) is 14.5. The zero-order valence-corrected chi connectivity index (χ0v) is 14.5. The Hall–Kier alpha value is -3.26. The number of hydrogen-bond donors (Lipinski definition) is 1. The molecule has 0 spiro atoms. The van der Waals surface area contributed by atoms with Crippen molar-refractivity contribution in [1.82, 2.24) is 4.90 Å². The van der Waals surface area contributed by atoms with Gasteiger partial charge < -0.3 is 10.1 Å². The minimum absolute atomic E-state index is 0.0529. The molecule has 1 N–H and O–H groups in total. The summed E-state index contributed by atoms with van der Waals surface area (Å²) < 4.78 is 5.12. The topological polar surface area (TPSA) is 102 Å². The quantitative estimate of drug-likeness (QED) is 0.476. The lowest BCUT2D eigenvalue weighted by Gasteiger charge is -2.33. The summed E-state index contributed by atoms with van der Waals surface area (Å²) in [5.74, 6) is -0.776. The van der Waals surface area contributed by atoms with Gasteiger partial charge in [-0.05, 0) is 17.7 Å². The number of amides is 1. The molecule has 0 bridgehead atoms. The standard InChI is InChI=1S/C19H19N3O5/c23-18(20-15-6-8-16(9-7-15)22(25)26)12-17-19(24)27-11-10-21(17)13-14-4-2-1-3-5-14/h1-9,17H,10-13H2,(H,20,23)/t17-/m0/s1. The molecule has 0 aromatic heterocycles. The minimum Gasteiger partial charge on any atom is -0.463 e. The fourth-order valence-electron chi connectivity index (χ4n) is 2.94. The Labute approximate surface area is 155 Å². The van der Waals surface area contributed by atoms with E-state index in [9.17, 15) is 19.7 Å². The predicted octanol–water partition coefficient (Wildman–Crippen LogP) is 2.35. The third kappa shape index (κ3) is 4.89. The van der Waals surface area contributed by atoms with E-state index in [0.717, 1.165) is 5.56 Å². The first-order valence-electron chi connectivity index (χ1n) is 8.52. The molecular formula is C19H19N3O5. The number of non-ortho nitro benzene ring substituents is 1. The molecule has 1 fully saturated rings. The zero-order chi connectivity index (χ0) is 19.2. The highest BCUT2D eigenvalue weighted by atomic mass is 16.6. The Kier molecular flexibility index (Phi) is 5.77. The summed E-state index contributed by atoms with van der Waals surface area (Å²) in [6.07, 6.45) is -0.0529. The van der Waals surface area contributed by atoms with Gasteiger partial charge in [-0.25, -0.2) is 0 Å². The highest BCUT2D eigenvalue weighted by molar-refractivity contribution is 5.94. The molecule has 0 saturated carbocycles. The maximum atomic E-state index is 12.4. The third-order valence-electron chi connectivity index (χ3n) is 4.30. The van der Waals surface area contributed by atoms with Crippen LogP contribution in [0.2, 0.25) is 0 Å². The monoisotopic (exact) mass is 369 g/mol. The number of ether oxygens (including phenoxy) is 1. The Morgan fingerprint density at radius 1 is 1.19 bits per heavy atom. The number of nitrogens with zero attached hydrogens (tertiary/aromatic N) is 2. The number of hydrogen-bond acceptors (Lipinski definition) is 6. The first-order chi connectivity index (χ1) is 13.0. The van der Waals surface area contributed by atoms with E-state index >= 15 is 0 Å². The summed E-state index contributed by atoms with van der Waals surface area (Å²) in [5.41, 5.74) is 1.43. The first-order valence-corrected chi connectivity index (χ1v) is 8.52. The molecule has 3 rings (SSSR count). The van der Waals surface area contributed by atoms with E-state index in [4.69, 9.17) is 4.74 Å². The lowest BCUT2D eigenvalue weighted by Crippen LogP contribution is -2.49. The Bertz CT molecular complexity index is 823. The van der Waals surface area contributed by atoms with Crippen LogP contribution < -0.4 is 5.32 Å². The smallest absolute Gasteiger partial charge is 0.323 e. The SMILES string of the molecule is O=C(C[C@H]1C(=O)OCCN1Cc1ccccc1)Nc1ccc([N+](=O)[O-])cc1. The molecule has 0 aliphatic carbocycles. The van der Waals surface area contributed by atoms with E-state index in [1.165, 1.54) is 24.3 Å². The van der Waals surface area contributed by atoms with Gasteiger partial charge in [-0.2, -0.15) is 0 Å². The molecule has 2 aromatic rings. The van der Waals surface area contributed by atoms with Crippen LogP contribution in [0.5, 0.6) is 0 Å². The molecule has 140 valence electrons. The number of nitro groups is 1. The van der Waals surface area contributed by atoms with Crippen LogP contribution in [-0.2, 0) is 20.9 Å². The summed E-state index contributed by atoms with van der Waals surface area (Å²) in [4.78, 5) is 36.6. The highest BCUT2D eigenvalue weighted by Gasteiger charge is 2.33. The molecule has 8 heteroatoms. The molecule has 0 radical (unpaired) electrons. The van der Waals surface area contributed by atoms with Crippen molar-refractivity contribution in [2.45, 2.75) is 19.0 Å². The molecule has 2 aromatic carbocycles. The van der Waals surface area contributed by atoms with Gasteiger partial charge in [0.05, 0.1) is 11.3 Å². The van der Waals surface area contributed by atoms with Crippen LogP contribution >= 0.6 is 0 Å². The van der Waals surface area contributed by atoms with Crippen LogP contribution in [0.1, 0.15) is 12.0 Å². The number of cyclic esters (lactones) is 1. The van der Waals surface area contributed by atoms with Gasteiger partial charge in [0.2, 0.25) is 5.91 Å². The van der Waals surface area contributed by atoms with Crippen molar-refractivity contribution in [1.29, 1.82) is 0 Å². The second-order valence-electron chi connectivity index (χ2n) is 6.20. The Morgan fingerprint density at radius 2 is 1.89 bits per heavy atom. The largest absolute Gasteiger partial charge is 0.463 e. The molecule has 1 aliphatic rings. The van der Waals surface area contributed by atoms with Crippen molar-refractivity contribution in [3.8, 4) is 0 Å². The van der Waals surface area contributed by atoms with Gasteiger partial charge in [0.25, 0.3) is 5.69 Å². The van der Waals surface area contributed by atoms with E-state index in [2.05, 4.69) is 5.32 Å². The van der Waals surface area contributed by atoms with Gasteiger partial charge in [0.15, 0.2) is 0 Å². The summed E-state index contributed by atoms with van der Waals surface area (Å²) in [6.45, 7) is 1.40. The number of morpholine rings is 1. The van der Waals surface area contributed by atoms with Gasteiger partial charge in [-0.1, -0.05) is 30.3 Å². The van der Waals surface area contributed by atoms with Crippen molar-refractivity contribution in [2.75, 3.05) is 18.5 Å². The number of anilines is 1. The molecule has 1 saturated heterocycles. The Balaban J connectivity index is 1.64. The van der Waals surface area contributed by atoms with Crippen LogP contribution in [-0.4, -0.2) is 40.9 Å². The van der Waals surface area contributed by atoms with E-state index in [1.807, 2.05) is 35.2 Å².